The van der Waals surface area contributed by atoms with Gasteiger partial charge in [0.2, 0.25) is 6.30 Å². The molecule has 62 valence electrons. The maximum atomic E-state index is 11.8. The first-order valence-corrected chi connectivity index (χ1v) is 3.64. The first-order valence-electron chi connectivity index (χ1n) is 2.02. The fraction of sp³-hybridized carbons (Fsp3) is 1.00. The average Bonchev–Trinajstić information content (AvgIpc) is 1.62. The summed E-state index contributed by atoms with van der Waals surface area (Å²) in [6.45, 7) is 0. The van der Waals surface area contributed by atoms with E-state index in [1.165, 1.54) is 0 Å². The first kappa shape index (κ1) is 9.90. The quantitative estimate of drug-likeness (QED) is 0.411. The largest absolute Gasteiger partial charge is 0.399 e. The van der Waals surface area contributed by atoms with E-state index in [1.807, 2.05) is 0 Å². The van der Waals surface area contributed by atoms with Gasteiger partial charge >= 0.3 is 13.3 Å². The van der Waals surface area contributed by atoms with E-state index in [2.05, 4.69) is 5.73 Å². The van der Waals surface area contributed by atoms with Crippen molar-refractivity contribution in [1.29, 1.82) is 0 Å². The van der Waals surface area contributed by atoms with E-state index in [9.17, 15) is 17.7 Å². The van der Waals surface area contributed by atoms with Crippen LogP contribution in [0, 0.1) is 0 Å². The lowest BCUT2D eigenvalue weighted by molar-refractivity contribution is -0.0145. The fourth-order valence-corrected chi connectivity index (χ4v) is 0.482. The van der Waals surface area contributed by atoms with Crippen molar-refractivity contribution in [3.63, 3.8) is 0 Å². The highest BCUT2D eigenvalue weighted by molar-refractivity contribution is 7.53. The number of alkyl halides is 3. The van der Waals surface area contributed by atoms with Crippen LogP contribution in [-0.4, -0.2) is 21.7 Å². The van der Waals surface area contributed by atoms with Crippen molar-refractivity contribution in [2.24, 2.45) is 5.73 Å². The summed E-state index contributed by atoms with van der Waals surface area (Å²) in [5.41, 5.74) is -0.837. The molecule has 0 aliphatic carbocycles. The minimum absolute atomic E-state index is 3.34. The molecule has 4 nitrogen and oxygen atoms in total. The van der Waals surface area contributed by atoms with Crippen LogP contribution < -0.4 is 5.73 Å². The normalized spacial score (nSPS) is 17.0. The highest BCUT2D eigenvalue weighted by Gasteiger charge is 2.54. The van der Waals surface area contributed by atoms with Gasteiger partial charge in [0.1, 0.15) is 0 Å². The first-order chi connectivity index (χ1) is 4.19. The molecule has 0 aliphatic rings. The fourth-order valence-electron chi connectivity index (χ4n) is 0.161. The van der Waals surface area contributed by atoms with Gasteiger partial charge in [-0.1, -0.05) is 0 Å². The molecule has 0 rings (SSSR count). The van der Waals surface area contributed by atoms with Crippen molar-refractivity contribution in [2.75, 3.05) is 0 Å². The van der Waals surface area contributed by atoms with E-state index in [0.717, 1.165) is 0 Å². The van der Waals surface area contributed by atoms with Crippen LogP contribution in [0.3, 0.4) is 0 Å². The predicted octanol–water partition coefficient (Wildman–Crippen LogP) is 0.0112. The second kappa shape index (κ2) is 2.50. The van der Waals surface area contributed by atoms with Crippen LogP contribution in [0.25, 0.3) is 0 Å². The number of rotatable bonds is 2. The summed E-state index contributed by atoms with van der Waals surface area (Å²) in [4.78, 5) is 15.5. The third kappa shape index (κ3) is 1.69. The number of halogens is 3. The van der Waals surface area contributed by atoms with Crippen molar-refractivity contribution >= 4 is 7.60 Å². The molecule has 0 aromatic carbocycles. The van der Waals surface area contributed by atoms with Gasteiger partial charge in [0.15, 0.2) is 0 Å². The van der Waals surface area contributed by atoms with Gasteiger partial charge in [0.05, 0.1) is 0 Å². The highest BCUT2D eigenvalue weighted by Crippen LogP contribution is 2.54. The average molecular weight is 179 g/mol. The Morgan fingerprint density at radius 2 is 1.80 bits per heavy atom. The molecule has 8 heteroatoms. The van der Waals surface area contributed by atoms with Gasteiger partial charge in [-0.3, -0.25) is 10.3 Å². The monoisotopic (exact) mass is 179 g/mol. The second-order valence-corrected chi connectivity index (χ2v) is 3.22. The maximum Gasteiger partial charge on any atom is 0.399 e. The minimum atomic E-state index is -5.76. The van der Waals surface area contributed by atoms with E-state index in [-0.39, 0.29) is 0 Å². The standard InChI is InChI=1S/C2H5F3NO3P/c3-1(6)2(4,5)10(7,8)9/h1H,6H2,(H2,7,8,9). The van der Waals surface area contributed by atoms with Gasteiger partial charge in [-0.05, 0) is 0 Å². The van der Waals surface area contributed by atoms with Crippen LogP contribution in [0.1, 0.15) is 0 Å². The number of nitrogens with two attached hydrogens (primary N) is 1. The predicted molar refractivity (Wildman–Crippen MR) is 26.1 cm³/mol. The molecule has 1 atom stereocenters. The van der Waals surface area contributed by atoms with Gasteiger partial charge in [-0.25, -0.2) is 4.39 Å². The van der Waals surface area contributed by atoms with Crippen LogP contribution in [-0.2, 0) is 4.57 Å². The second-order valence-electron chi connectivity index (χ2n) is 1.53. The van der Waals surface area contributed by atoms with Gasteiger partial charge in [0, 0.05) is 0 Å². The zero-order chi connectivity index (χ0) is 8.58. The maximum absolute atomic E-state index is 11.8. The summed E-state index contributed by atoms with van der Waals surface area (Å²) in [6, 6.07) is 0. The summed E-state index contributed by atoms with van der Waals surface area (Å²) in [6.07, 6.45) is -3.34. The molecular formula is C2H5F3NO3P. The molecule has 0 saturated carbocycles. The highest BCUT2D eigenvalue weighted by atomic mass is 31.2. The van der Waals surface area contributed by atoms with Crippen LogP contribution in [0.4, 0.5) is 13.2 Å². The lowest BCUT2D eigenvalue weighted by Gasteiger charge is -2.17. The molecule has 0 amide bonds. The van der Waals surface area contributed by atoms with Gasteiger partial charge in [-0.2, -0.15) is 8.78 Å². The zero-order valence-corrected chi connectivity index (χ0v) is 5.43. The minimum Gasteiger partial charge on any atom is -0.320 e. The van der Waals surface area contributed by atoms with Crippen LogP contribution in [0.15, 0.2) is 0 Å². The van der Waals surface area contributed by atoms with Crippen molar-refractivity contribution in [2.45, 2.75) is 12.0 Å². The molecule has 10 heavy (non-hydrogen) atoms. The van der Waals surface area contributed by atoms with Crippen LogP contribution >= 0.6 is 7.60 Å². The Kier molecular flexibility index (Phi) is 2.48. The Balaban J connectivity index is 4.58. The molecule has 0 heterocycles. The molecule has 0 saturated heterocycles. The molecule has 0 radical (unpaired) electrons. The number of hydrogen-bond donors (Lipinski definition) is 3. The number of hydrogen-bond acceptors (Lipinski definition) is 2. The lowest BCUT2D eigenvalue weighted by Crippen LogP contribution is -2.36. The third-order valence-corrected chi connectivity index (χ3v) is 1.74. The van der Waals surface area contributed by atoms with Gasteiger partial charge < -0.3 is 9.79 Å². The van der Waals surface area contributed by atoms with E-state index in [1.54, 1.807) is 0 Å². The van der Waals surface area contributed by atoms with Crippen LogP contribution in [0.5, 0.6) is 0 Å². The lowest BCUT2D eigenvalue weighted by atomic mass is 10.7. The Bertz CT molecular complexity index is 165. The summed E-state index contributed by atoms with van der Waals surface area (Å²) < 4.78 is 44.8. The Morgan fingerprint density at radius 3 is 1.80 bits per heavy atom. The summed E-state index contributed by atoms with van der Waals surface area (Å²) in [7, 11) is -5.76. The van der Waals surface area contributed by atoms with Crippen molar-refractivity contribution in [3.8, 4) is 0 Å². The van der Waals surface area contributed by atoms with Crippen LogP contribution in [0.2, 0.25) is 0 Å². The zero-order valence-electron chi connectivity index (χ0n) is 4.54. The molecule has 0 bridgehead atoms. The molecule has 0 spiro atoms. The van der Waals surface area contributed by atoms with E-state index in [4.69, 9.17) is 9.79 Å². The third-order valence-electron chi connectivity index (χ3n) is 0.720. The molecule has 0 aromatic heterocycles. The topological polar surface area (TPSA) is 83.6 Å². The SMILES string of the molecule is NC(F)C(F)(F)P(=O)(O)O. The van der Waals surface area contributed by atoms with Gasteiger partial charge in [-0.15, -0.1) is 0 Å². The molecule has 1 unspecified atom stereocenters. The van der Waals surface area contributed by atoms with Gasteiger partial charge in [0.25, 0.3) is 0 Å². The summed E-state index contributed by atoms with van der Waals surface area (Å²) >= 11 is 0. The van der Waals surface area contributed by atoms with E-state index < -0.39 is 19.6 Å². The Labute approximate surface area is 54.0 Å². The molecule has 4 N–H and O–H groups in total. The summed E-state index contributed by atoms with van der Waals surface area (Å²) in [5.74, 6) is 0. The smallest absolute Gasteiger partial charge is 0.320 e. The van der Waals surface area contributed by atoms with E-state index in [0.29, 0.717) is 0 Å². The molecular weight excluding hydrogens is 174 g/mol. The Hall–Kier alpha value is -0.100. The molecule has 0 fully saturated rings. The van der Waals surface area contributed by atoms with Crippen molar-refractivity contribution in [3.05, 3.63) is 0 Å². The molecule has 0 aliphatic heterocycles. The van der Waals surface area contributed by atoms with E-state index >= 15 is 0 Å². The Morgan fingerprint density at radius 1 is 1.50 bits per heavy atom. The summed E-state index contributed by atoms with van der Waals surface area (Å²) in [5, 5.41) is 0. The van der Waals surface area contributed by atoms with Crippen molar-refractivity contribution in [1.82, 2.24) is 0 Å². The van der Waals surface area contributed by atoms with Crippen molar-refractivity contribution < 1.29 is 27.5 Å². The molecule has 0 aromatic rings.